The quantitative estimate of drug-likeness (QED) is 0.308. The third-order valence-corrected chi connectivity index (χ3v) is 2.28. The van der Waals surface area contributed by atoms with Crippen molar-refractivity contribution >= 4 is 28.4 Å². The predicted octanol–water partition coefficient (Wildman–Crippen LogP) is -1.56. The maximum absolute atomic E-state index is 11.7. The molecule has 0 saturated carbocycles. The van der Waals surface area contributed by atoms with Gasteiger partial charge in [0.15, 0.2) is 5.96 Å². The van der Waals surface area contributed by atoms with Gasteiger partial charge >= 0.3 is 0 Å². The number of aliphatic imine (C=N–C) groups is 2. The number of hydrogen-bond donors (Lipinski definition) is 5. The van der Waals surface area contributed by atoms with Gasteiger partial charge in [0.05, 0.1) is 16.5 Å². The molecule has 0 aliphatic carbocycles. The highest BCUT2D eigenvalue weighted by molar-refractivity contribution is 5.97. The highest BCUT2D eigenvalue weighted by Gasteiger charge is 2.07. The van der Waals surface area contributed by atoms with E-state index in [2.05, 4.69) is 20.2 Å². The van der Waals surface area contributed by atoms with Crippen LogP contribution in [0.25, 0.3) is 10.8 Å². The Labute approximate surface area is 105 Å². The largest absolute Gasteiger partial charge is 0.370 e. The summed E-state index contributed by atoms with van der Waals surface area (Å²) in [7, 11) is 0. The van der Waals surface area contributed by atoms with Crippen molar-refractivity contribution in [3.63, 3.8) is 0 Å². The molecule has 1 heterocycles. The van der Waals surface area contributed by atoms with Crippen LogP contribution in [0, 0.1) is 0 Å². The molecule has 0 atom stereocenters. The maximum Gasteiger partial charge on any atom is 0.272 e. The summed E-state index contributed by atoms with van der Waals surface area (Å²) in [5, 5.41) is 4.73. The van der Waals surface area contributed by atoms with Crippen molar-refractivity contribution in [3.8, 4) is 0 Å². The maximum atomic E-state index is 11.7. The minimum Gasteiger partial charge on any atom is -0.370 e. The fourth-order valence-corrected chi connectivity index (χ4v) is 1.59. The van der Waals surface area contributed by atoms with E-state index in [0.29, 0.717) is 0 Å². The van der Waals surface area contributed by atoms with E-state index < -0.39 is 11.1 Å². The second kappa shape index (κ2) is 4.64. The van der Waals surface area contributed by atoms with E-state index in [0.717, 1.165) is 0 Å². The van der Waals surface area contributed by atoms with E-state index in [1.807, 2.05) is 0 Å². The Morgan fingerprint density at radius 3 is 2.42 bits per heavy atom. The number of rotatable bonds is 1. The first-order valence-electron chi connectivity index (χ1n) is 5.16. The average Bonchev–Trinajstić information content (AvgIpc) is 2.33. The van der Waals surface area contributed by atoms with Gasteiger partial charge < -0.3 is 17.2 Å². The lowest BCUT2D eigenvalue weighted by molar-refractivity contribution is 0.976. The zero-order valence-electron chi connectivity index (χ0n) is 9.68. The molecule has 0 amide bonds. The van der Waals surface area contributed by atoms with Gasteiger partial charge in [0.25, 0.3) is 11.1 Å². The van der Waals surface area contributed by atoms with Crippen LogP contribution in [0.15, 0.2) is 37.8 Å². The molecule has 1 aromatic heterocycles. The van der Waals surface area contributed by atoms with Gasteiger partial charge in [0.1, 0.15) is 0 Å². The molecule has 0 aliphatic rings. The standard InChI is InChI=1S/C10H11N7O2/c11-9(12)15-10(13)14-5-3-1-2-4-6(5)8(19)17-16-7(4)18/h1-3H,(H,16,18)(H,17,19)(H6,11,12,13,14,15). The molecule has 9 nitrogen and oxygen atoms in total. The van der Waals surface area contributed by atoms with Crippen molar-refractivity contribution in [2.24, 2.45) is 27.2 Å². The van der Waals surface area contributed by atoms with E-state index >= 15 is 0 Å². The molecule has 0 spiro atoms. The van der Waals surface area contributed by atoms with Gasteiger partial charge in [-0.3, -0.25) is 19.8 Å². The summed E-state index contributed by atoms with van der Waals surface area (Å²) in [6.07, 6.45) is 0. The molecule has 0 saturated heterocycles. The molecule has 0 fully saturated rings. The number of aromatic amines is 2. The number of nitrogens with two attached hydrogens (primary N) is 3. The summed E-state index contributed by atoms with van der Waals surface area (Å²) < 4.78 is 0. The molecule has 8 N–H and O–H groups in total. The normalized spacial score (nSPS) is 11.5. The Morgan fingerprint density at radius 2 is 1.74 bits per heavy atom. The van der Waals surface area contributed by atoms with Crippen LogP contribution in [0.2, 0.25) is 0 Å². The molecule has 0 radical (unpaired) electrons. The van der Waals surface area contributed by atoms with E-state index in [9.17, 15) is 9.59 Å². The third-order valence-electron chi connectivity index (χ3n) is 2.28. The van der Waals surface area contributed by atoms with Crippen LogP contribution in [-0.2, 0) is 0 Å². The van der Waals surface area contributed by atoms with Crippen LogP contribution >= 0.6 is 0 Å². The lowest BCUT2D eigenvalue weighted by atomic mass is 10.1. The van der Waals surface area contributed by atoms with Crippen LogP contribution < -0.4 is 28.3 Å². The second-order valence-corrected chi connectivity index (χ2v) is 3.61. The molecule has 98 valence electrons. The van der Waals surface area contributed by atoms with Crippen LogP contribution in [0.4, 0.5) is 5.69 Å². The molecule has 0 aliphatic heterocycles. The van der Waals surface area contributed by atoms with Crippen LogP contribution in [-0.4, -0.2) is 22.1 Å². The molecule has 2 aromatic rings. The van der Waals surface area contributed by atoms with Crippen molar-refractivity contribution in [2.75, 3.05) is 0 Å². The van der Waals surface area contributed by atoms with Gasteiger partial charge in [-0.15, -0.1) is 0 Å². The summed E-state index contributed by atoms with van der Waals surface area (Å²) in [6, 6.07) is 4.59. The average molecular weight is 261 g/mol. The Balaban J connectivity index is 2.76. The van der Waals surface area contributed by atoms with Crippen LogP contribution in [0.3, 0.4) is 0 Å². The first kappa shape index (κ1) is 12.4. The number of nitrogens with one attached hydrogen (secondary N) is 2. The number of benzene rings is 1. The Hall–Kier alpha value is -3.10. The SMILES string of the molecule is NC(N)=NC(N)=Nc1cccc2c(=O)[nH][nH]c(=O)c12. The zero-order valence-corrected chi connectivity index (χ0v) is 9.68. The van der Waals surface area contributed by atoms with Crippen molar-refractivity contribution in [1.29, 1.82) is 0 Å². The Bertz CT molecular complexity index is 795. The number of fused-ring (bicyclic) bond motifs is 1. The van der Waals surface area contributed by atoms with E-state index in [1.54, 1.807) is 6.07 Å². The number of H-pyrrole nitrogens is 2. The molecule has 0 bridgehead atoms. The molecule has 1 aromatic carbocycles. The number of hydrogen-bond acceptors (Lipinski definition) is 3. The number of nitrogens with zero attached hydrogens (tertiary/aromatic N) is 2. The fourth-order valence-electron chi connectivity index (χ4n) is 1.59. The van der Waals surface area contributed by atoms with E-state index in [-0.39, 0.29) is 28.4 Å². The minimum absolute atomic E-state index is 0.111. The molecule has 2 rings (SSSR count). The van der Waals surface area contributed by atoms with Crippen LogP contribution in [0.1, 0.15) is 0 Å². The smallest absolute Gasteiger partial charge is 0.272 e. The second-order valence-electron chi connectivity index (χ2n) is 3.61. The zero-order chi connectivity index (χ0) is 14.0. The van der Waals surface area contributed by atoms with Gasteiger partial charge in [-0.25, -0.2) is 4.99 Å². The summed E-state index contributed by atoms with van der Waals surface area (Å²) in [4.78, 5) is 30.7. The lowest BCUT2D eigenvalue weighted by Gasteiger charge is -2.00. The first-order valence-corrected chi connectivity index (χ1v) is 5.16. The Morgan fingerprint density at radius 1 is 1.05 bits per heavy atom. The van der Waals surface area contributed by atoms with Crippen molar-refractivity contribution in [3.05, 3.63) is 38.9 Å². The first-order chi connectivity index (χ1) is 8.99. The molecule has 9 heteroatoms. The predicted molar refractivity (Wildman–Crippen MR) is 72.3 cm³/mol. The van der Waals surface area contributed by atoms with Gasteiger partial charge in [-0.2, -0.15) is 4.99 Å². The monoisotopic (exact) mass is 261 g/mol. The van der Waals surface area contributed by atoms with Gasteiger partial charge in [-0.1, -0.05) is 6.07 Å². The molecular weight excluding hydrogens is 250 g/mol. The Kier molecular flexibility index (Phi) is 3.02. The van der Waals surface area contributed by atoms with E-state index in [1.165, 1.54) is 12.1 Å². The van der Waals surface area contributed by atoms with Crippen molar-refractivity contribution < 1.29 is 0 Å². The van der Waals surface area contributed by atoms with E-state index in [4.69, 9.17) is 17.2 Å². The van der Waals surface area contributed by atoms with Gasteiger partial charge in [0, 0.05) is 0 Å². The number of guanidine groups is 2. The fraction of sp³-hybridized carbons (Fsp3) is 0. The number of aromatic nitrogens is 2. The van der Waals surface area contributed by atoms with Crippen molar-refractivity contribution in [1.82, 2.24) is 10.2 Å². The minimum atomic E-state index is -0.494. The van der Waals surface area contributed by atoms with Crippen molar-refractivity contribution in [2.45, 2.75) is 0 Å². The summed E-state index contributed by atoms with van der Waals surface area (Å²) >= 11 is 0. The van der Waals surface area contributed by atoms with Gasteiger partial charge in [-0.05, 0) is 12.1 Å². The topological polar surface area (TPSA) is 168 Å². The molecule has 0 unspecified atom stereocenters. The molecular formula is C10H11N7O2. The summed E-state index contributed by atoms with van der Waals surface area (Å²) in [5.41, 5.74) is 15.1. The summed E-state index contributed by atoms with van der Waals surface area (Å²) in [5.74, 6) is -0.472. The summed E-state index contributed by atoms with van der Waals surface area (Å²) in [6.45, 7) is 0. The lowest BCUT2D eigenvalue weighted by Crippen LogP contribution is -2.26. The molecule has 19 heavy (non-hydrogen) atoms. The highest BCUT2D eigenvalue weighted by Crippen LogP contribution is 2.19. The highest BCUT2D eigenvalue weighted by atomic mass is 16.1. The van der Waals surface area contributed by atoms with Gasteiger partial charge in [0.2, 0.25) is 5.96 Å². The van der Waals surface area contributed by atoms with Crippen LogP contribution in [0.5, 0.6) is 0 Å². The third kappa shape index (κ3) is 2.44.